The van der Waals surface area contributed by atoms with Crippen molar-refractivity contribution in [2.45, 2.75) is 18.3 Å². The van der Waals surface area contributed by atoms with Crippen molar-refractivity contribution in [2.75, 3.05) is 4.90 Å². The monoisotopic (exact) mass is 852 g/mol. The molecule has 0 N–H and O–H groups in total. The Hall–Kier alpha value is -8.46. The molecule has 0 saturated heterocycles. The van der Waals surface area contributed by atoms with E-state index in [2.05, 4.69) is 252 Å². The Morgan fingerprint density at radius 1 is 0.418 bits per heavy atom. The Morgan fingerprint density at radius 2 is 1.04 bits per heavy atom. The predicted octanol–water partition coefficient (Wildman–Crippen LogP) is 17.2. The van der Waals surface area contributed by atoms with Crippen molar-refractivity contribution in [1.29, 1.82) is 0 Å². The van der Waals surface area contributed by atoms with Crippen LogP contribution in [0.1, 0.15) is 35.1 Å². The number of benzene rings is 10. The molecule has 1 heterocycles. The first kappa shape index (κ1) is 37.9. The lowest BCUT2D eigenvalue weighted by molar-refractivity contribution is 0.714. The zero-order valence-electron chi connectivity index (χ0n) is 36.9. The first-order valence-electron chi connectivity index (χ1n) is 23.6. The summed E-state index contributed by atoms with van der Waals surface area (Å²) in [5.74, 6) is 0. The average Bonchev–Trinajstić information content (AvgIpc) is 4.01. The second kappa shape index (κ2) is 14.8. The minimum Gasteiger partial charge on any atom is -0.310 e. The zero-order chi connectivity index (χ0) is 44.1. The number of aromatic nitrogens is 1. The normalized spacial score (nSPS) is 14.1. The van der Waals surface area contributed by atoms with Gasteiger partial charge in [0, 0.05) is 33.4 Å². The van der Waals surface area contributed by atoms with E-state index in [4.69, 9.17) is 0 Å². The molecule has 0 amide bonds. The van der Waals surface area contributed by atoms with Gasteiger partial charge in [-0.05, 0) is 139 Å². The molecule has 0 fully saturated rings. The molecular weight excluding hydrogens is 809 g/mol. The highest BCUT2D eigenvalue weighted by Gasteiger charge is 2.52. The highest BCUT2D eigenvalue weighted by atomic mass is 15.1. The topological polar surface area (TPSA) is 8.17 Å². The van der Waals surface area contributed by atoms with E-state index in [1.165, 1.54) is 99.4 Å². The van der Waals surface area contributed by atoms with Gasteiger partial charge in [0.2, 0.25) is 0 Å². The molecule has 0 bridgehead atoms. The lowest BCUT2D eigenvalue weighted by Crippen LogP contribution is -2.28. The minimum absolute atomic E-state index is 0.374. The van der Waals surface area contributed by atoms with Crippen LogP contribution in [0, 0.1) is 0 Å². The number of allylic oxidation sites excluding steroid dienone is 4. The van der Waals surface area contributed by atoms with E-state index in [9.17, 15) is 0 Å². The molecule has 11 aromatic rings. The summed E-state index contributed by atoms with van der Waals surface area (Å²) in [5, 5.41) is 4.98. The number of hydrogen-bond acceptors (Lipinski definition) is 1. The summed E-state index contributed by atoms with van der Waals surface area (Å²) in [4.78, 5) is 2.51. The highest BCUT2D eigenvalue weighted by Crippen LogP contribution is 2.64. The standard InChI is InChI=1S/C65H44N2/c1-2-18-45(19-3-1)64-50-22-5-4-17-44(50)35-40-63(64)66(47-36-33-43(34-37-47)46-20-16-21-48(41-46)67-61-31-14-9-26-55(61)56-27-10-15-32-62(56)67)49-38-39-54-53-25-8-13-30-59(53)65(60(54)42-49)57-28-11-6-23-51(57)52-24-7-12-29-58(52)65/h1-12,14-29,31-42H,13,30H2. The molecule has 3 aliphatic carbocycles. The zero-order valence-corrected chi connectivity index (χ0v) is 36.9. The Bertz CT molecular complexity index is 3770. The quantitative estimate of drug-likeness (QED) is 0.162. The Morgan fingerprint density at radius 3 is 1.79 bits per heavy atom. The summed E-state index contributed by atoms with van der Waals surface area (Å²) in [6.07, 6.45) is 6.85. The van der Waals surface area contributed by atoms with Crippen LogP contribution in [0.25, 0.3) is 77.2 Å². The summed E-state index contributed by atoms with van der Waals surface area (Å²) >= 11 is 0. The summed E-state index contributed by atoms with van der Waals surface area (Å²) in [7, 11) is 0. The molecule has 1 spiro atoms. The van der Waals surface area contributed by atoms with Gasteiger partial charge in [0.15, 0.2) is 0 Å². The third-order valence-electron chi connectivity index (χ3n) is 14.9. The average molecular weight is 853 g/mol. The molecule has 67 heavy (non-hydrogen) atoms. The molecule has 3 aliphatic rings. The van der Waals surface area contributed by atoms with Gasteiger partial charge in [-0.15, -0.1) is 0 Å². The lowest BCUT2D eigenvalue weighted by Gasteiger charge is -2.35. The van der Waals surface area contributed by atoms with E-state index in [-0.39, 0.29) is 5.41 Å². The SMILES string of the molecule is C1=CC2=C(CC1)C1(c3cc(N(c4ccc(-c5cccc(-n6c7ccccc7c7ccccc76)c5)cc4)c4ccc5ccccc5c4-c4ccccc4)ccc32)c2ccccc2-c2ccccc21. The van der Waals surface area contributed by atoms with Crippen molar-refractivity contribution in [3.05, 3.63) is 271 Å². The molecule has 0 aliphatic heterocycles. The van der Waals surface area contributed by atoms with Crippen LogP contribution in [0.5, 0.6) is 0 Å². The number of hydrogen-bond donors (Lipinski definition) is 0. The number of anilines is 3. The van der Waals surface area contributed by atoms with E-state index in [1.807, 2.05) is 0 Å². The van der Waals surface area contributed by atoms with Crippen molar-refractivity contribution in [1.82, 2.24) is 4.57 Å². The van der Waals surface area contributed by atoms with Crippen LogP contribution in [0.4, 0.5) is 17.1 Å². The summed E-state index contributed by atoms with van der Waals surface area (Å²) in [6.45, 7) is 0. The van der Waals surface area contributed by atoms with Crippen LogP contribution in [-0.2, 0) is 5.41 Å². The maximum Gasteiger partial charge on any atom is 0.0689 e. The van der Waals surface area contributed by atoms with E-state index >= 15 is 0 Å². The molecule has 10 aromatic carbocycles. The van der Waals surface area contributed by atoms with Gasteiger partial charge in [-0.25, -0.2) is 0 Å². The molecule has 0 radical (unpaired) electrons. The number of para-hydroxylation sites is 2. The fraction of sp³-hybridized carbons (Fsp3) is 0.0462. The molecule has 14 rings (SSSR count). The largest absolute Gasteiger partial charge is 0.310 e. The smallest absolute Gasteiger partial charge is 0.0689 e. The maximum atomic E-state index is 2.54. The highest BCUT2D eigenvalue weighted by molar-refractivity contribution is 6.10. The molecule has 0 unspecified atom stereocenters. The van der Waals surface area contributed by atoms with Gasteiger partial charge >= 0.3 is 0 Å². The third kappa shape index (κ3) is 5.51. The first-order chi connectivity index (χ1) is 33.3. The molecule has 2 heteroatoms. The van der Waals surface area contributed by atoms with Crippen molar-refractivity contribution in [2.24, 2.45) is 0 Å². The van der Waals surface area contributed by atoms with Gasteiger partial charge in [-0.2, -0.15) is 0 Å². The van der Waals surface area contributed by atoms with Gasteiger partial charge < -0.3 is 9.47 Å². The minimum atomic E-state index is -0.374. The van der Waals surface area contributed by atoms with Gasteiger partial charge in [0.05, 0.1) is 22.1 Å². The van der Waals surface area contributed by atoms with Crippen molar-refractivity contribution < 1.29 is 0 Å². The maximum absolute atomic E-state index is 2.54. The molecule has 0 saturated carbocycles. The van der Waals surface area contributed by atoms with Gasteiger partial charge in [-0.3, -0.25) is 0 Å². The van der Waals surface area contributed by atoms with Crippen molar-refractivity contribution in [3.63, 3.8) is 0 Å². The fourth-order valence-corrected chi connectivity index (χ4v) is 12.1. The second-order valence-electron chi connectivity index (χ2n) is 18.3. The predicted molar refractivity (Wildman–Crippen MR) is 281 cm³/mol. The molecular formula is C65H44N2. The second-order valence-corrected chi connectivity index (χ2v) is 18.3. The Balaban J connectivity index is 0.974. The van der Waals surface area contributed by atoms with Crippen LogP contribution in [0.2, 0.25) is 0 Å². The number of nitrogens with zero attached hydrogens (tertiary/aromatic N) is 2. The number of rotatable bonds is 6. The van der Waals surface area contributed by atoms with Crippen LogP contribution in [0.3, 0.4) is 0 Å². The van der Waals surface area contributed by atoms with Crippen LogP contribution in [-0.4, -0.2) is 4.57 Å². The van der Waals surface area contributed by atoms with E-state index < -0.39 is 0 Å². The molecule has 2 nitrogen and oxygen atoms in total. The first-order valence-corrected chi connectivity index (χ1v) is 23.6. The lowest BCUT2D eigenvalue weighted by atomic mass is 9.68. The van der Waals surface area contributed by atoms with E-state index in [0.29, 0.717) is 0 Å². The summed E-state index contributed by atoms with van der Waals surface area (Å²) in [6, 6.07) is 85.8. The van der Waals surface area contributed by atoms with Crippen molar-refractivity contribution >= 4 is 55.2 Å². The third-order valence-corrected chi connectivity index (χ3v) is 14.9. The van der Waals surface area contributed by atoms with E-state index in [1.54, 1.807) is 0 Å². The summed E-state index contributed by atoms with van der Waals surface area (Å²) in [5.41, 5.74) is 22.4. The molecule has 0 atom stereocenters. The molecule has 314 valence electrons. The summed E-state index contributed by atoms with van der Waals surface area (Å²) < 4.78 is 2.40. The van der Waals surface area contributed by atoms with Crippen LogP contribution >= 0.6 is 0 Å². The van der Waals surface area contributed by atoms with Gasteiger partial charge in [0.25, 0.3) is 0 Å². The molecule has 1 aromatic heterocycles. The fourth-order valence-electron chi connectivity index (χ4n) is 12.1. The van der Waals surface area contributed by atoms with Crippen LogP contribution < -0.4 is 4.90 Å². The van der Waals surface area contributed by atoms with E-state index in [0.717, 1.165) is 35.6 Å². The Labute approximate surface area is 390 Å². The van der Waals surface area contributed by atoms with Gasteiger partial charge in [0.1, 0.15) is 0 Å². The van der Waals surface area contributed by atoms with Crippen LogP contribution in [0.15, 0.2) is 248 Å². The number of fused-ring (bicyclic) bond motifs is 13. The van der Waals surface area contributed by atoms with Crippen molar-refractivity contribution in [3.8, 4) is 39.1 Å². The Kier molecular flexibility index (Phi) is 8.36. The van der Waals surface area contributed by atoms with Gasteiger partial charge in [-0.1, -0.05) is 188 Å².